The average molecular weight is 279 g/mol. The van der Waals surface area contributed by atoms with E-state index in [-0.39, 0.29) is 19.0 Å². The predicted molar refractivity (Wildman–Crippen MR) is 75.6 cm³/mol. The molecular weight excluding hydrogens is 258 g/mol. The number of hydrogen-bond donors (Lipinski definition) is 2. The zero-order valence-corrected chi connectivity index (χ0v) is 12.0. The molecule has 1 amide bonds. The minimum atomic E-state index is -0.960. The Kier molecular flexibility index (Phi) is 5.70. The Balaban J connectivity index is 2.95. The minimum Gasteiger partial charge on any atom is -0.481 e. The molecule has 0 heterocycles. The fourth-order valence-corrected chi connectivity index (χ4v) is 1.95. The van der Waals surface area contributed by atoms with Crippen LogP contribution in [0, 0.1) is 12.8 Å². The molecule has 0 fully saturated rings. The van der Waals surface area contributed by atoms with Crippen LogP contribution in [-0.2, 0) is 4.79 Å². The number of hydrogen-bond acceptors (Lipinski definition) is 3. The van der Waals surface area contributed by atoms with Gasteiger partial charge in [0, 0.05) is 18.7 Å². The molecule has 0 spiro atoms. The number of carbonyl (C=O) groups is 2. The van der Waals surface area contributed by atoms with Gasteiger partial charge >= 0.3 is 5.97 Å². The standard InChI is InChI=1S/C15H21NO4/c1-10-6-4-5-7-13(10)14(18)16(9-12(3)17)8-11(2)15(19)20/h4-7,11-12,17H,8-9H2,1-3H3,(H,19,20). The first-order valence-corrected chi connectivity index (χ1v) is 6.58. The first kappa shape index (κ1) is 16.2. The maximum Gasteiger partial charge on any atom is 0.308 e. The van der Waals surface area contributed by atoms with E-state index >= 15 is 0 Å². The van der Waals surface area contributed by atoms with Gasteiger partial charge in [-0.25, -0.2) is 0 Å². The molecule has 5 nitrogen and oxygen atoms in total. The number of carboxylic acids is 1. The van der Waals surface area contributed by atoms with E-state index < -0.39 is 18.0 Å². The number of carboxylic acid groups (broad SMARTS) is 1. The van der Waals surface area contributed by atoms with E-state index in [2.05, 4.69) is 0 Å². The smallest absolute Gasteiger partial charge is 0.308 e. The second-order valence-electron chi connectivity index (χ2n) is 5.11. The van der Waals surface area contributed by atoms with Crippen LogP contribution < -0.4 is 0 Å². The van der Waals surface area contributed by atoms with Crippen molar-refractivity contribution in [2.24, 2.45) is 5.92 Å². The van der Waals surface area contributed by atoms with Crippen molar-refractivity contribution < 1.29 is 19.8 Å². The molecule has 0 aliphatic rings. The van der Waals surface area contributed by atoms with Crippen LogP contribution in [0.1, 0.15) is 29.8 Å². The van der Waals surface area contributed by atoms with Crippen molar-refractivity contribution in [1.29, 1.82) is 0 Å². The largest absolute Gasteiger partial charge is 0.481 e. The molecule has 2 atom stereocenters. The maximum atomic E-state index is 12.5. The summed E-state index contributed by atoms with van der Waals surface area (Å²) in [7, 11) is 0. The lowest BCUT2D eigenvalue weighted by molar-refractivity contribution is -0.141. The quantitative estimate of drug-likeness (QED) is 0.828. The first-order chi connectivity index (χ1) is 9.32. The molecule has 0 aliphatic heterocycles. The maximum absolute atomic E-state index is 12.5. The minimum absolute atomic E-state index is 0.0768. The molecule has 0 saturated heterocycles. The summed E-state index contributed by atoms with van der Waals surface area (Å²) in [6.07, 6.45) is -0.705. The number of rotatable bonds is 6. The Hall–Kier alpha value is -1.88. The lowest BCUT2D eigenvalue weighted by Crippen LogP contribution is -2.41. The Morgan fingerprint density at radius 3 is 2.30 bits per heavy atom. The fraction of sp³-hybridized carbons (Fsp3) is 0.467. The summed E-state index contributed by atoms with van der Waals surface area (Å²) < 4.78 is 0. The summed E-state index contributed by atoms with van der Waals surface area (Å²) in [5.41, 5.74) is 1.36. The van der Waals surface area contributed by atoms with Gasteiger partial charge < -0.3 is 15.1 Å². The number of nitrogens with zero attached hydrogens (tertiary/aromatic N) is 1. The van der Waals surface area contributed by atoms with Gasteiger partial charge in [0.25, 0.3) is 5.91 Å². The first-order valence-electron chi connectivity index (χ1n) is 6.58. The van der Waals surface area contributed by atoms with Crippen molar-refractivity contribution in [3.63, 3.8) is 0 Å². The Morgan fingerprint density at radius 1 is 1.20 bits per heavy atom. The van der Waals surface area contributed by atoms with Gasteiger partial charge in [0.15, 0.2) is 0 Å². The van der Waals surface area contributed by atoms with E-state index in [0.29, 0.717) is 5.56 Å². The molecule has 0 aliphatic carbocycles. The summed E-state index contributed by atoms with van der Waals surface area (Å²) in [5, 5.41) is 18.5. The molecule has 5 heteroatoms. The second-order valence-corrected chi connectivity index (χ2v) is 5.11. The second kappa shape index (κ2) is 7.05. The Labute approximate surface area is 118 Å². The molecule has 0 saturated carbocycles. The summed E-state index contributed by atoms with van der Waals surface area (Å²) >= 11 is 0. The van der Waals surface area contributed by atoms with Crippen LogP contribution >= 0.6 is 0 Å². The number of benzene rings is 1. The highest BCUT2D eigenvalue weighted by Gasteiger charge is 2.23. The Bertz CT molecular complexity index is 485. The summed E-state index contributed by atoms with van der Waals surface area (Å²) in [5.74, 6) is -1.89. The number of aliphatic hydroxyl groups excluding tert-OH is 1. The van der Waals surface area contributed by atoms with Crippen LogP contribution in [0.25, 0.3) is 0 Å². The molecule has 2 N–H and O–H groups in total. The number of aliphatic carboxylic acids is 1. The average Bonchev–Trinajstić information content (AvgIpc) is 2.37. The van der Waals surface area contributed by atoms with Gasteiger partial charge in [0.2, 0.25) is 0 Å². The van der Waals surface area contributed by atoms with Crippen LogP contribution in [0.2, 0.25) is 0 Å². The molecule has 110 valence electrons. The van der Waals surface area contributed by atoms with Crippen LogP contribution in [0.4, 0.5) is 0 Å². The topological polar surface area (TPSA) is 77.8 Å². The van der Waals surface area contributed by atoms with Gasteiger partial charge in [0.1, 0.15) is 0 Å². The lowest BCUT2D eigenvalue weighted by atomic mass is 10.1. The van der Waals surface area contributed by atoms with E-state index in [9.17, 15) is 14.7 Å². The number of carbonyl (C=O) groups excluding carboxylic acids is 1. The van der Waals surface area contributed by atoms with Crippen LogP contribution in [0.15, 0.2) is 24.3 Å². The Morgan fingerprint density at radius 2 is 1.80 bits per heavy atom. The van der Waals surface area contributed by atoms with Gasteiger partial charge in [-0.05, 0) is 25.5 Å². The normalized spacial score (nSPS) is 13.6. The fourth-order valence-electron chi connectivity index (χ4n) is 1.95. The van der Waals surface area contributed by atoms with Crippen molar-refractivity contribution in [3.8, 4) is 0 Å². The van der Waals surface area contributed by atoms with Crippen molar-refractivity contribution in [1.82, 2.24) is 4.90 Å². The highest BCUT2D eigenvalue weighted by atomic mass is 16.4. The van der Waals surface area contributed by atoms with Crippen LogP contribution in [0.3, 0.4) is 0 Å². The molecule has 0 bridgehead atoms. The van der Waals surface area contributed by atoms with Gasteiger partial charge in [-0.1, -0.05) is 25.1 Å². The van der Waals surface area contributed by atoms with E-state index in [4.69, 9.17) is 5.11 Å². The van der Waals surface area contributed by atoms with E-state index in [1.807, 2.05) is 19.1 Å². The van der Waals surface area contributed by atoms with Crippen molar-refractivity contribution in [3.05, 3.63) is 35.4 Å². The molecule has 1 aromatic carbocycles. The molecule has 2 unspecified atom stereocenters. The van der Waals surface area contributed by atoms with E-state index in [1.165, 1.54) is 4.90 Å². The predicted octanol–water partition coefficient (Wildman–Crippen LogP) is 1.54. The van der Waals surface area contributed by atoms with Gasteiger partial charge in [-0.15, -0.1) is 0 Å². The van der Waals surface area contributed by atoms with Crippen molar-refractivity contribution >= 4 is 11.9 Å². The van der Waals surface area contributed by atoms with Crippen LogP contribution in [-0.4, -0.2) is 46.2 Å². The molecular formula is C15H21NO4. The summed E-state index contributed by atoms with van der Waals surface area (Å²) in [6.45, 7) is 5.14. The number of amides is 1. The lowest BCUT2D eigenvalue weighted by Gasteiger charge is -2.26. The van der Waals surface area contributed by atoms with E-state index in [1.54, 1.807) is 26.0 Å². The van der Waals surface area contributed by atoms with Crippen molar-refractivity contribution in [2.45, 2.75) is 26.9 Å². The third-order valence-corrected chi connectivity index (χ3v) is 3.06. The SMILES string of the molecule is Cc1ccccc1C(=O)N(CC(C)O)CC(C)C(=O)O. The van der Waals surface area contributed by atoms with Gasteiger partial charge in [-0.3, -0.25) is 9.59 Å². The molecule has 0 radical (unpaired) electrons. The molecule has 0 aromatic heterocycles. The zero-order valence-electron chi connectivity index (χ0n) is 12.0. The van der Waals surface area contributed by atoms with Crippen LogP contribution in [0.5, 0.6) is 0 Å². The highest BCUT2D eigenvalue weighted by Crippen LogP contribution is 2.13. The molecule has 1 rings (SSSR count). The number of aliphatic hydroxyl groups is 1. The molecule has 20 heavy (non-hydrogen) atoms. The van der Waals surface area contributed by atoms with Gasteiger partial charge in [-0.2, -0.15) is 0 Å². The highest BCUT2D eigenvalue weighted by molar-refractivity contribution is 5.95. The summed E-state index contributed by atoms with van der Waals surface area (Å²) in [4.78, 5) is 24.8. The monoisotopic (exact) mass is 279 g/mol. The van der Waals surface area contributed by atoms with Crippen molar-refractivity contribution in [2.75, 3.05) is 13.1 Å². The third kappa shape index (κ3) is 4.35. The third-order valence-electron chi connectivity index (χ3n) is 3.06. The summed E-state index contributed by atoms with van der Waals surface area (Å²) in [6, 6.07) is 7.14. The van der Waals surface area contributed by atoms with Gasteiger partial charge in [0.05, 0.1) is 12.0 Å². The zero-order chi connectivity index (χ0) is 15.3. The molecule has 1 aromatic rings. The van der Waals surface area contributed by atoms with E-state index in [0.717, 1.165) is 5.56 Å². The number of aryl methyl sites for hydroxylation is 1.